The summed E-state index contributed by atoms with van der Waals surface area (Å²) in [7, 11) is 1.90. The molecule has 132 valence electrons. The molecule has 0 saturated carbocycles. The molecule has 2 fully saturated rings. The van der Waals surface area contributed by atoms with E-state index in [4.69, 9.17) is 9.47 Å². The van der Waals surface area contributed by atoms with Gasteiger partial charge in [0.05, 0.1) is 18.4 Å². The largest absolute Gasteiger partial charge is 0.486 e. The fraction of sp³-hybridized carbons (Fsp3) is 0.474. The number of hydrogen-bond acceptors (Lipinski definition) is 4. The molecule has 1 amide bonds. The summed E-state index contributed by atoms with van der Waals surface area (Å²) in [6.45, 7) is 2.05. The first-order chi connectivity index (χ1) is 12.2. The van der Waals surface area contributed by atoms with Crippen LogP contribution in [-0.4, -0.2) is 51.8 Å². The predicted octanol–water partition coefficient (Wildman–Crippen LogP) is 2.26. The lowest BCUT2D eigenvalue weighted by Crippen LogP contribution is -2.47. The highest BCUT2D eigenvalue weighted by Crippen LogP contribution is 2.37. The van der Waals surface area contributed by atoms with E-state index in [0.717, 1.165) is 43.8 Å². The number of piperidine rings is 1. The zero-order chi connectivity index (χ0) is 17.3. The molecule has 0 radical (unpaired) electrons. The van der Waals surface area contributed by atoms with E-state index in [9.17, 15) is 4.79 Å². The number of carbonyl (C=O) groups is 1. The molecule has 4 heterocycles. The van der Waals surface area contributed by atoms with Crippen molar-refractivity contribution in [3.8, 4) is 5.75 Å². The van der Waals surface area contributed by atoms with Crippen LogP contribution in [0.1, 0.15) is 29.8 Å². The lowest BCUT2D eigenvalue weighted by atomic mass is 9.88. The molecule has 6 heteroatoms. The number of likely N-dealkylation sites (tertiary alicyclic amines) is 1. The average Bonchev–Trinajstić information content (AvgIpc) is 3.23. The molecule has 1 atom stereocenters. The summed E-state index contributed by atoms with van der Waals surface area (Å²) in [4.78, 5) is 18.6. The second kappa shape index (κ2) is 6.52. The summed E-state index contributed by atoms with van der Waals surface area (Å²) in [6.07, 6.45) is 8.00. The zero-order valence-corrected chi connectivity index (χ0v) is 14.4. The molecule has 6 nitrogen and oxygen atoms in total. The molecule has 2 aliphatic heterocycles. The van der Waals surface area contributed by atoms with E-state index in [0.29, 0.717) is 6.61 Å². The van der Waals surface area contributed by atoms with Crippen LogP contribution >= 0.6 is 0 Å². The Morgan fingerprint density at radius 1 is 1.32 bits per heavy atom. The van der Waals surface area contributed by atoms with Gasteiger partial charge in [0.1, 0.15) is 17.5 Å². The van der Waals surface area contributed by atoms with Crippen LogP contribution in [0.3, 0.4) is 0 Å². The SMILES string of the molecule is Cn1cccc1C(=O)N1CCC2(CC1)C[C@H](Oc1cccnc1)CO2. The van der Waals surface area contributed by atoms with Crippen LogP contribution in [-0.2, 0) is 11.8 Å². The number of nitrogens with zero attached hydrogens (tertiary/aromatic N) is 3. The maximum absolute atomic E-state index is 12.6. The van der Waals surface area contributed by atoms with Crippen LogP contribution in [0.15, 0.2) is 42.9 Å². The van der Waals surface area contributed by atoms with Gasteiger partial charge in [-0.1, -0.05) is 0 Å². The Morgan fingerprint density at radius 3 is 2.84 bits per heavy atom. The number of rotatable bonds is 3. The number of amides is 1. The summed E-state index contributed by atoms with van der Waals surface area (Å²) in [5.74, 6) is 0.882. The number of aromatic nitrogens is 2. The normalized spacial score (nSPS) is 22.3. The van der Waals surface area contributed by atoms with Crippen molar-refractivity contribution in [2.45, 2.75) is 31.0 Å². The minimum absolute atomic E-state index is 0.0549. The van der Waals surface area contributed by atoms with E-state index in [1.54, 1.807) is 12.4 Å². The Labute approximate surface area is 147 Å². The highest BCUT2D eigenvalue weighted by molar-refractivity contribution is 5.92. The Balaban J connectivity index is 1.34. The molecular formula is C19H23N3O3. The fourth-order valence-electron chi connectivity index (χ4n) is 3.80. The van der Waals surface area contributed by atoms with Gasteiger partial charge in [0.15, 0.2) is 0 Å². The summed E-state index contributed by atoms with van der Waals surface area (Å²) < 4.78 is 14.0. The summed E-state index contributed by atoms with van der Waals surface area (Å²) >= 11 is 0. The maximum Gasteiger partial charge on any atom is 0.270 e. The van der Waals surface area contributed by atoms with Gasteiger partial charge in [-0.2, -0.15) is 0 Å². The molecule has 2 aromatic heterocycles. The van der Waals surface area contributed by atoms with Crippen molar-refractivity contribution in [1.29, 1.82) is 0 Å². The molecule has 2 saturated heterocycles. The topological polar surface area (TPSA) is 56.6 Å². The molecule has 1 spiro atoms. The third kappa shape index (κ3) is 3.26. The summed E-state index contributed by atoms with van der Waals surface area (Å²) in [6, 6.07) is 7.56. The number of pyridine rings is 1. The fourth-order valence-corrected chi connectivity index (χ4v) is 3.80. The smallest absolute Gasteiger partial charge is 0.270 e. The molecule has 0 aliphatic carbocycles. The molecule has 2 aliphatic rings. The second-order valence-electron chi connectivity index (χ2n) is 6.92. The first-order valence-electron chi connectivity index (χ1n) is 8.76. The number of ether oxygens (including phenoxy) is 2. The van der Waals surface area contributed by atoms with E-state index in [1.165, 1.54) is 0 Å². The molecule has 0 aromatic carbocycles. The van der Waals surface area contributed by atoms with Crippen LogP contribution in [0, 0.1) is 0 Å². The third-order valence-corrected chi connectivity index (χ3v) is 5.24. The van der Waals surface area contributed by atoms with Crippen LogP contribution in [0.25, 0.3) is 0 Å². The van der Waals surface area contributed by atoms with Crippen LogP contribution < -0.4 is 4.74 Å². The van der Waals surface area contributed by atoms with Gasteiger partial charge in [0, 0.05) is 39.0 Å². The standard InChI is InChI=1S/C19H23N3O3/c1-21-9-3-5-17(21)18(23)22-10-6-19(7-11-22)12-16(14-24-19)25-15-4-2-8-20-13-15/h2-5,8-9,13,16H,6-7,10-12,14H2,1H3/t16-/m0/s1. The second-order valence-corrected chi connectivity index (χ2v) is 6.92. The van der Waals surface area contributed by atoms with Crippen molar-refractivity contribution in [3.05, 3.63) is 48.5 Å². The molecule has 2 aromatic rings. The van der Waals surface area contributed by atoms with Gasteiger partial charge in [0.2, 0.25) is 0 Å². The van der Waals surface area contributed by atoms with Gasteiger partial charge >= 0.3 is 0 Å². The maximum atomic E-state index is 12.6. The molecule has 4 rings (SSSR count). The predicted molar refractivity (Wildman–Crippen MR) is 92.5 cm³/mol. The Kier molecular flexibility index (Phi) is 4.21. The number of carbonyl (C=O) groups excluding carboxylic acids is 1. The highest BCUT2D eigenvalue weighted by Gasteiger charge is 2.44. The van der Waals surface area contributed by atoms with Crippen LogP contribution in [0.5, 0.6) is 5.75 Å². The van der Waals surface area contributed by atoms with E-state index >= 15 is 0 Å². The van der Waals surface area contributed by atoms with Gasteiger partial charge in [-0.25, -0.2) is 0 Å². The highest BCUT2D eigenvalue weighted by atomic mass is 16.6. The van der Waals surface area contributed by atoms with Crippen LogP contribution in [0.4, 0.5) is 0 Å². The Morgan fingerprint density at radius 2 is 2.16 bits per heavy atom. The summed E-state index contributed by atoms with van der Waals surface area (Å²) in [5, 5.41) is 0. The van der Waals surface area contributed by atoms with Crippen molar-refractivity contribution in [1.82, 2.24) is 14.5 Å². The van der Waals surface area contributed by atoms with Crippen molar-refractivity contribution >= 4 is 5.91 Å². The van der Waals surface area contributed by atoms with Crippen molar-refractivity contribution in [2.75, 3.05) is 19.7 Å². The van der Waals surface area contributed by atoms with Crippen LogP contribution in [0.2, 0.25) is 0 Å². The van der Waals surface area contributed by atoms with E-state index in [2.05, 4.69) is 4.98 Å². The minimum Gasteiger partial charge on any atom is -0.486 e. The van der Waals surface area contributed by atoms with Gasteiger partial charge in [-0.3, -0.25) is 9.78 Å². The summed E-state index contributed by atoms with van der Waals surface area (Å²) in [5.41, 5.74) is 0.582. The zero-order valence-electron chi connectivity index (χ0n) is 14.4. The average molecular weight is 341 g/mol. The van der Waals surface area contributed by atoms with Gasteiger partial charge < -0.3 is 18.9 Å². The Bertz CT molecular complexity index is 735. The van der Waals surface area contributed by atoms with E-state index in [-0.39, 0.29) is 17.6 Å². The molecule has 0 bridgehead atoms. The minimum atomic E-state index is -0.155. The molecule has 0 unspecified atom stereocenters. The first kappa shape index (κ1) is 16.1. The first-order valence-corrected chi connectivity index (χ1v) is 8.76. The van der Waals surface area contributed by atoms with Crippen molar-refractivity contribution in [2.24, 2.45) is 7.05 Å². The molecule has 0 N–H and O–H groups in total. The third-order valence-electron chi connectivity index (χ3n) is 5.24. The lowest BCUT2D eigenvalue weighted by molar-refractivity contribution is -0.0397. The van der Waals surface area contributed by atoms with Gasteiger partial charge in [-0.05, 0) is 37.1 Å². The van der Waals surface area contributed by atoms with E-state index < -0.39 is 0 Å². The Hall–Kier alpha value is -2.34. The number of aryl methyl sites for hydroxylation is 1. The number of hydrogen-bond donors (Lipinski definition) is 0. The monoisotopic (exact) mass is 341 g/mol. The van der Waals surface area contributed by atoms with Gasteiger partial charge in [-0.15, -0.1) is 0 Å². The van der Waals surface area contributed by atoms with Crippen molar-refractivity contribution in [3.63, 3.8) is 0 Å². The van der Waals surface area contributed by atoms with Gasteiger partial charge in [0.25, 0.3) is 5.91 Å². The molecular weight excluding hydrogens is 318 g/mol. The quantitative estimate of drug-likeness (QED) is 0.859. The van der Waals surface area contributed by atoms with E-state index in [1.807, 2.05) is 47.0 Å². The van der Waals surface area contributed by atoms with Crippen molar-refractivity contribution < 1.29 is 14.3 Å². The molecule has 25 heavy (non-hydrogen) atoms. The lowest BCUT2D eigenvalue weighted by Gasteiger charge is -2.38.